The van der Waals surface area contributed by atoms with Crippen LogP contribution < -0.4 is 10.3 Å². The van der Waals surface area contributed by atoms with Crippen LogP contribution in [0.1, 0.15) is 28.4 Å². The number of carbonyl (C=O) groups excluding carboxylic acids is 1. The van der Waals surface area contributed by atoms with Gasteiger partial charge in [0, 0.05) is 17.0 Å². The van der Waals surface area contributed by atoms with Crippen LogP contribution in [0.25, 0.3) is 11.0 Å². The lowest BCUT2D eigenvalue weighted by Crippen LogP contribution is -2.23. The number of terminal acetylenes is 1. The summed E-state index contributed by atoms with van der Waals surface area (Å²) in [6.45, 7) is 1.73. The van der Waals surface area contributed by atoms with Crippen molar-refractivity contribution in [2.75, 3.05) is 6.54 Å². The SMILES string of the molecule is C#CCNS(=O)(=O)c1ccc(C(=O)OCc2cc(=O)oc3cc(CC)ccc23)cc1. The number of nitrogens with one attached hydrogen (secondary N) is 1. The zero-order valence-electron chi connectivity index (χ0n) is 16.2. The van der Waals surface area contributed by atoms with Gasteiger partial charge in [-0.3, -0.25) is 0 Å². The summed E-state index contributed by atoms with van der Waals surface area (Å²) < 4.78 is 36.8. The summed E-state index contributed by atoms with van der Waals surface area (Å²) in [6.07, 6.45) is 5.85. The van der Waals surface area contributed by atoms with Crippen LogP contribution in [0, 0.1) is 12.3 Å². The summed E-state index contributed by atoms with van der Waals surface area (Å²) in [6, 6.07) is 12.1. The summed E-state index contributed by atoms with van der Waals surface area (Å²) in [5.41, 5.74) is 1.62. The fourth-order valence-electron chi connectivity index (χ4n) is 2.83. The van der Waals surface area contributed by atoms with Crippen molar-refractivity contribution in [3.8, 4) is 12.3 Å². The van der Waals surface area contributed by atoms with Crippen molar-refractivity contribution in [2.24, 2.45) is 0 Å². The van der Waals surface area contributed by atoms with E-state index in [1.54, 1.807) is 6.07 Å². The Hall–Kier alpha value is -3.41. The minimum absolute atomic E-state index is 0.0207. The fraction of sp³-hybridized carbons (Fsp3) is 0.182. The second-order valence-corrected chi connectivity index (χ2v) is 8.17. The van der Waals surface area contributed by atoms with Crippen LogP contribution in [0.15, 0.2) is 62.6 Å². The minimum atomic E-state index is -3.74. The number of carbonyl (C=O) groups is 1. The summed E-state index contributed by atoms with van der Waals surface area (Å²) in [5, 5.41) is 0.681. The van der Waals surface area contributed by atoms with E-state index >= 15 is 0 Å². The molecule has 30 heavy (non-hydrogen) atoms. The Morgan fingerprint density at radius 3 is 2.57 bits per heavy atom. The van der Waals surface area contributed by atoms with Gasteiger partial charge < -0.3 is 9.15 Å². The number of rotatable bonds is 7. The smallest absolute Gasteiger partial charge is 0.338 e. The topological polar surface area (TPSA) is 103 Å². The molecule has 0 aliphatic carbocycles. The second-order valence-electron chi connectivity index (χ2n) is 6.40. The quantitative estimate of drug-likeness (QED) is 0.355. The van der Waals surface area contributed by atoms with Crippen LogP contribution >= 0.6 is 0 Å². The number of hydrogen-bond donors (Lipinski definition) is 1. The van der Waals surface area contributed by atoms with Crippen LogP contribution in [0.2, 0.25) is 0 Å². The molecule has 0 radical (unpaired) electrons. The Bertz CT molecular complexity index is 1280. The zero-order chi connectivity index (χ0) is 21.7. The van der Waals surface area contributed by atoms with Gasteiger partial charge in [-0.1, -0.05) is 25.0 Å². The third-order valence-electron chi connectivity index (χ3n) is 4.43. The standard InChI is InChI=1S/C22H19NO6S/c1-3-11-23-30(26,27)18-8-6-16(7-9-18)22(25)28-14-17-13-21(24)29-20-12-15(4-2)5-10-19(17)20/h1,5-10,12-13,23H,4,11,14H2,2H3. The van der Waals surface area contributed by atoms with Gasteiger partial charge in [-0.05, 0) is 42.3 Å². The molecule has 1 N–H and O–H groups in total. The molecule has 154 valence electrons. The van der Waals surface area contributed by atoms with E-state index in [1.165, 1.54) is 30.3 Å². The van der Waals surface area contributed by atoms with Crippen molar-refractivity contribution >= 4 is 27.0 Å². The van der Waals surface area contributed by atoms with Crippen molar-refractivity contribution in [3.63, 3.8) is 0 Å². The Labute approximate surface area is 173 Å². The molecule has 0 fully saturated rings. The van der Waals surface area contributed by atoms with E-state index in [-0.39, 0.29) is 23.6 Å². The summed E-state index contributed by atoms with van der Waals surface area (Å²) in [5.74, 6) is 1.53. The number of esters is 1. The van der Waals surface area contributed by atoms with Gasteiger partial charge in [0.05, 0.1) is 17.0 Å². The van der Waals surface area contributed by atoms with E-state index in [0.29, 0.717) is 16.5 Å². The van der Waals surface area contributed by atoms with Gasteiger partial charge in [-0.25, -0.2) is 18.0 Å². The number of fused-ring (bicyclic) bond motifs is 1. The van der Waals surface area contributed by atoms with Crippen LogP contribution in [0.5, 0.6) is 0 Å². The second kappa shape index (κ2) is 8.95. The average Bonchev–Trinajstić information content (AvgIpc) is 2.75. The lowest BCUT2D eigenvalue weighted by Gasteiger charge is -2.09. The summed E-state index contributed by atoms with van der Waals surface area (Å²) in [4.78, 5) is 24.2. The van der Waals surface area contributed by atoms with Crippen molar-refractivity contribution < 1.29 is 22.4 Å². The highest BCUT2D eigenvalue weighted by Crippen LogP contribution is 2.20. The molecular formula is C22H19NO6S. The molecule has 0 spiro atoms. The molecule has 3 aromatic rings. The lowest BCUT2D eigenvalue weighted by molar-refractivity contribution is 0.0473. The number of ether oxygens (including phenoxy) is 1. The third kappa shape index (κ3) is 4.76. The Morgan fingerprint density at radius 2 is 1.90 bits per heavy atom. The maximum Gasteiger partial charge on any atom is 0.338 e. The predicted molar refractivity (Wildman–Crippen MR) is 111 cm³/mol. The monoisotopic (exact) mass is 425 g/mol. The number of aryl methyl sites for hydroxylation is 1. The zero-order valence-corrected chi connectivity index (χ0v) is 17.0. The molecule has 0 atom stereocenters. The predicted octanol–water partition coefficient (Wildman–Crippen LogP) is 2.62. The van der Waals surface area contributed by atoms with Crippen LogP contribution in [-0.4, -0.2) is 20.9 Å². The first-order valence-corrected chi connectivity index (χ1v) is 10.6. The maximum atomic E-state index is 12.4. The minimum Gasteiger partial charge on any atom is -0.457 e. The Balaban J connectivity index is 1.76. The highest BCUT2D eigenvalue weighted by Gasteiger charge is 2.15. The van der Waals surface area contributed by atoms with E-state index in [1.807, 2.05) is 19.1 Å². The molecule has 0 aliphatic rings. The molecule has 2 aromatic carbocycles. The fourth-order valence-corrected chi connectivity index (χ4v) is 3.76. The molecule has 7 nitrogen and oxygen atoms in total. The molecule has 0 amide bonds. The molecule has 0 aliphatic heterocycles. The molecular weight excluding hydrogens is 406 g/mol. The normalized spacial score (nSPS) is 11.2. The number of benzene rings is 2. The van der Waals surface area contributed by atoms with Gasteiger partial charge in [0.2, 0.25) is 10.0 Å². The molecule has 0 bridgehead atoms. The van der Waals surface area contributed by atoms with Crippen molar-refractivity contribution in [2.45, 2.75) is 24.8 Å². The van der Waals surface area contributed by atoms with E-state index in [0.717, 1.165) is 12.0 Å². The summed E-state index contributed by atoms with van der Waals surface area (Å²) >= 11 is 0. The first-order chi connectivity index (χ1) is 14.3. The van der Waals surface area contributed by atoms with Crippen molar-refractivity contribution in [3.05, 3.63) is 75.6 Å². The first kappa shape index (κ1) is 21.3. The third-order valence-corrected chi connectivity index (χ3v) is 5.84. The summed E-state index contributed by atoms with van der Waals surface area (Å²) in [7, 11) is -3.74. The molecule has 8 heteroatoms. The molecule has 0 saturated carbocycles. The van der Waals surface area contributed by atoms with Gasteiger partial charge >= 0.3 is 11.6 Å². The van der Waals surface area contributed by atoms with E-state index in [2.05, 4.69) is 10.6 Å². The van der Waals surface area contributed by atoms with Crippen molar-refractivity contribution in [1.29, 1.82) is 0 Å². The van der Waals surface area contributed by atoms with Gasteiger partial charge in [0.25, 0.3) is 0 Å². The van der Waals surface area contributed by atoms with Crippen molar-refractivity contribution in [1.82, 2.24) is 4.72 Å². The van der Waals surface area contributed by atoms with Crippen LogP contribution in [-0.2, 0) is 27.8 Å². The van der Waals surface area contributed by atoms with E-state index in [4.69, 9.17) is 15.6 Å². The van der Waals surface area contributed by atoms with E-state index in [9.17, 15) is 18.0 Å². The Kier molecular flexibility index (Phi) is 6.35. The van der Waals surface area contributed by atoms with E-state index < -0.39 is 21.6 Å². The van der Waals surface area contributed by atoms with Gasteiger partial charge in [-0.2, -0.15) is 4.72 Å². The van der Waals surface area contributed by atoms with Gasteiger partial charge in [0.1, 0.15) is 12.2 Å². The first-order valence-electron chi connectivity index (χ1n) is 9.10. The number of sulfonamides is 1. The Morgan fingerprint density at radius 1 is 1.17 bits per heavy atom. The van der Waals surface area contributed by atoms with Gasteiger partial charge in [-0.15, -0.1) is 6.42 Å². The highest BCUT2D eigenvalue weighted by molar-refractivity contribution is 7.89. The maximum absolute atomic E-state index is 12.4. The van der Waals surface area contributed by atoms with Crippen LogP contribution in [0.3, 0.4) is 0 Å². The highest BCUT2D eigenvalue weighted by atomic mass is 32.2. The van der Waals surface area contributed by atoms with Crippen LogP contribution in [0.4, 0.5) is 0 Å². The molecule has 1 heterocycles. The van der Waals surface area contributed by atoms with Gasteiger partial charge in [0.15, 0.2) is 0 Å². The molecule has 3 rings (SSSR count). The molecule has 0 unspecified atom stereocenters. The largest absolute Gasteiger partial charge is 0.457 e. The average molecular weight is 425 g/mol. The molecule has 1 aromatic heterocycles. The lowest BCUT2D eigenvalue weighted by atomic mass is 10.1. The number of hydrogen-bond acceptors (Lipinski definition) is 6. The molecule has 0 saturated heterocycles.